The van der Waals surface area contributed by atoms with Gasteiger partial charge in [0.2, 0.25) is 0 Å². The minimum atomic E-state index is 0.397. The number of nitrogen functional groups attached to an aromatic ring is 2. The molecule has 0 spiro atoms. The van der Waals surface area contributed by atoms with Gasteiger partial charge in [-0.2, -0.15) is 0 Å². The van der Waals surface area contributed by atoms with E-state index in [1.807, 2.05) is 0 Å². The quantitative estimate of drug-likeness (QED) is 0.0406. The molecule has 0 heterocycles. The minimum absolute atomic E-state index is 0.397. The maximum atomic E-state index is 6.18. The highest BCUT2D eigenvalue weighted by atomic mass is 14.5. The molecular formula is C59H88N2. The van der Waals surface area contributed by atoms with Gasteiger partial charge in [0.15, 0.2) is 0 Å². The van der Waals surface area contributed by atoms with Gasteiger partial charge in [-0.05, 0) is 95.2 Å². The molecule has 61 heavy (non-hydrogen) atoms. The zero-order chi connectivity index (χ0) is 42.9. The standard InChI is InChI=1S/C59H88N2/c1-4-6-8-10-12-14-16-18-23-27-57(53-38-42-55(60)43-39-53)49-30-34-51(35-31-49)59(46-29-47(3)48-25-21-20-22-26-48)52-36-32-50(33-37-52)58(54-40-44-56(61)45-41-54)28-24-19-17-15-13-11-9-7-5-2/h30-45,47-48,57-59H,4-29,46,60-61H2,1-3H3. The third kappa shape index (κ3) is 16.9. The smallest absolute Gasteiger partial charge is 0.0314 e. The molecule has 2 heteroatoms. The van der Waals surface area contributed by atoms with Crippen LogP contribution in [-0.2, 0) is 0 Å². The van der Waals surface area contributed by atoms with Crippen LogP contribution in [0.3, 0.4) is 0 Å². The van der Waals surface area contributed by atoms with Crippen molar-refractivity contribution in [1.82, 2.24) is 0 Å². The average molecular weight is 825 g/mol. The van der Waals surface area contributed by atoms with Gasteiger partial charge in [-0.15, -0.1) is 0 Å². The monoisotopic (exact) mass is 825 g/mol. The predicted molar refractivity (Wildman–Crippen MR) is 269 cm³/mol. The van der Waals surface area contributed by atoms with Crippen molar-refractivity contribution in [3.05, 3.63) is 130 Å². The van der Waals surface area contributed by atoms with Gasteiger partial charge >= 0.3 is 0 Å². The van der Waals surface area contributed by atoms with Crippen LogP contribution in [0.2, 0.25) is 0 Å². The van der Waals surface area contributed by atoms with Crippen LogP contribution in [0.15, 0.2) is 97.1 Å². The van der Waals surface area contributed by atoms with Gasteiger partial charge in [0.05, 0.1) is 0 Å². The van der Waals surface area contributed by atoms with Crippen LogP contribution in [0.1, 0.15) is 245 Å². The normalized spacial score (nSPS) is 15.4. The summed E-state index contributed by atoms with van der Waals surface area (Å²) in [6.07, 6.45) is 36.5. The number of nitrogens with two attached hydrogens (primary N) is 2. The van der Waals surface area contributed by atoms with Crippen molar-refractivity contribution in [2.75, 3.05) is 11.5 Å². The van der Waals surface area contributed by atoms with Crippen LogP contribution < -0.4 is 11.5 Å². The van der Waals surface area contributed by atoms with Crippen LogP contribution in [0.5, 0.6) is 0 Å². The molecule has 0 aliphatic heterocycles. The molecule has 0 bridgehead atoms. The third-order valence-electron chi connectivity index (χ3n) is 14.7. The van der Waals surface area contributed by atoms with E-state index in [1.54, 1.807) is 0 Å². The summed E-state index contributed by atoms with van der Waals surface area (Å²) in [5, 5.41) is 0. The van der Waals surface area contributed by atoms with Gasteiger partial charge in [-0.3, -0.25) is 0 Å². The highest BCUT2D eigenvalue weighted by molar-refractivity contribution is 5.45. The second-order valence-corrected chi connectivity index (χ2v) is 19.5. The van der Waals surface area contributed by atoms with E-state index in [2.05, 4.69) is 118 Å². The second kappa shape index (κ2) is 28.2. The molecule has 2 nitrogen and oxygen atoms in total. The Balaban J connectivity index is 1.31. The molecule has 4 aromatic carbocycles. The van der Waals surface area contributed by atoms with Gasteiger partial charge in [0.1, 0.15) is 0 Å². The maximum absolute atomic E-state index is 6.18. The van der Waals surface area contributed by atoms with Gasteiger partial charge in [-0.1, -0.05) is 241 Å². The van der Waals surface area contributed by atoms with E-state index >= 15 is 0 Å². The van der Waals surface area contributed by atoms with Crippen LogP contribution >= 0.6 is 0 Å². The molecular weight excluding hydrogens is 737 g/mol. The second-order valence-electron chi connectivity index (χ2n) is 19.5. The van der Waals surface area contributed by atoms with E-state index in [1.165, 1.54) is 207 Å². The summed E-state index contributed by atoms with van der Waals surface area (Å²) >= 11 is 0. The molecule has 3 unspecified atom stereocenters. The maximum Gasteiger partial charge on any atom is 0.0314 e. The summed E-state index contributed by atoms with van der Waals surface area (Å²) in [5.41, 5.74) is 22.7. The molecule has 1 aliphatic rings. The number of benzene rings is 4. The summed E-state index contributed by atoms with van der Waals surface area (Å²) < 4.78 is 0. The lowest BCUT2D eigenvalue weighted by molar-refractivity contribution is 0.247. The molecule has 1 saturated carbocycles. The molecule has 0 radical (unpaired) electrons. The molecule has 1 fully saturated rings. The Kier molecular flexibility index (Phi) is 22.4. The molecule has 0 amide bonds. The van der Waals surface area contributed by atoms with Crippen molar-refractivity contribution in [3.8, 4) is 0 Å². The van der Waals surface area contributed by atoms with Crippen LogP contribution in [0.25, 0.3) is 0 Å². The number of anilines is 2. The molecule has 3 atom stereocenters. The van der Waals surface area contributed by atoms with E-state index < -0.39 is 0 Å². The zero-order valence-electron chi connectivity index (χ0n) is 39.4. The lowest BCUT2D eigenvalue weighted by Crippen LogP contribution is -2.16. The SMILES string of the molecule is CCCCCCCCCCCC(c1ccc(N)cc1)c1ccc(C(CCC(C)C2CCCCC2)c2ccc(C(CCCCCCCCCCC)c3ccc(N)cc3)cc2)cc1. The zero-order valence-corrected chi connectivity index (χ0v) is 39.4. The van der Waals surface area contributed by atoms with Crippen molar-refractivity contribution in [2.45, 2.75) is 212 Å². The molecule has 4 N–H and O–H groups in total. The third-order valence-corrected chi connectivity index (χ3v) is 14.7. The number of rotatable bonds is 30. The summed E-state index contributed by atoms with van der Waals surface area (Å²) in [6, 6.07) is 37.3. The minimum Gasteiger partial charge on any atom is -0.399 e. The number of unbranched alkanes of at least 4 members (excludes halogenated alkanes) is 16. The summed E-state index contributed by atoms with van der Waals surface area (Å²) in [4.78, 5) is 0. The Morgan fingerprint density at radius 3 is 0.967 bits per heavy atom. The summed E-state index contributed by atoms with van der Waals surface area (Å²) in [5.74, 6) is 2.87. The van der Waals surface area contributed by atoms with Crippen molar-refractivity contribution in [1.29, 1.82) is 0 Å². The van der Waals surface area contributed by atoms with Gasteiger partial charge in [-0.25, -0.2) is 0 Å². The molecule has 1 aliphatic carbocycles. The first-order valence-corrected chi connectivity index (χ1v) is 25.9. The van der Waals surface area contributed by atoms with Crippen molar-refractivity contribution in [3.63, 3.8) is 0 Å². The van der Waals surface area contributed by atoms with E-state index in [-0.39, 0.29) is 0 Å². The predicted octanol–water partition coefficient (Wildman–Crippen LogP) is 18.1. The first-order valence-electron chi connectivity index (χ1n) is 25.9. The molecule has 334 valence electrons. The highest BCUT2D eigenvalue weighted by Gasteiger charge is 2.24. The lowest BCUT2D eigenvalue weighted by atomic mass is 9.76. The van der Waals surface area contributed by atoms with Gasteiger partial charge < -0.3 is 11.5 Å². The largest absolute Gasteiger partial charge is 0.399 e. The summed E-state index contributed by atoms with van der Waals surface area (Å²) in [7, 11) is 0. The van der Waals surface area contributed by atoms with Crippen LogP contribution in [0.4, 0.5) is 11.4 Å². The van der Waals surface area contributed by atoms with E-state index in [4.69, 9.17) is 11.5 Å². The fourth-order valence-electron chi connectivity index (χ4n) is 10.6. The fourth-order valence-corrected chi connectivity index (χ4v) is 10.6. The Morgan fingerprint density at radius 1 is 0.361 bits per heavy atom. The highest BCUT2D eigenvalue weighted by Crippen LogP contribution is 2.39. The van der Waals surface area contributed by atoms with E-state index in [0.717, 1.165) is 23.2 Å². The molecule has 5 rings (SSSR count). The molecule has 4 aromatic rings. The Morgan fingerprint density at radius 2 is 0.639 bits per heavy atom. The lowest BCUT2D eigenvalue weighted by Gasteiger charge is -2.29. The number of hydrogen-bond donors (Lipinski definition) is 2. The Labute approximate surface area is 375 Å². The van der Waals surface area contributed by atoms with Crippen LogP contribution in [0, 0.1) is 11.8 Å². The first kappa shape index (κ1) is 48.5. The van der Waals surface area contributed by atoms with E-state index in [0.29, 0.717) is 17.8 Å². The molecule has 0 aromatic heterocycles. The number of hydrogen-bond acceptors (Lipinski definition) is 2. The fraction of sp³-hybridized carbons (Fsp3) is 0.593. The average Bonchev–Trinajstić information content (AvgIpc) is 3.29. The Hall–Kier alpha value is -3.52. The van der Waals surface area contributed by atoms with Gasteiger partial charge in [0.25, 0.3) is 0 Å². The van der Waals surface area contributed by atoms with E-state index in [9.17, 15) is 0 Å². The summed E-state index contributed by atoms with van der Waals surface area (Å²) in [6.45, 7) is 7.16. The first-order chi connectivity index (χ1) is 30.0. The van der Waals surface area contributed by atoms with Crippen LogP contribution in [-0.4, -0.2) is 0 Å². The van der Waals surface area contributed by atoms with Crippen molar-refractivity contribution >= 4 is 11.4 Å². The van der Waals surface area contributed by atoms with Crippen molar-refractivity contribution < 1.29 is 0 Å². The topological polar surface area (TPSA) is 52.0 Å². The van der Waals surface area contributed by atoms with Gasteiger partial charge in [0, 0.05) is 29.1 Å². The van der Waals surface area contributed by atoms with Crippen molar-refractivity contribution in [2.24, 2.45) is 11.8 Å². The molecule has 0 saturated heterocycles. The Bertz CT molecular complexity index is 1570.